The Morgan fingerprint density at radius 2 is 1.79 bits per heavy atom. The molecule has 2 rings (SSSR count). The molecule has 8 heteroatoms. The van der Waals surface area contributed by atoms with Crippen LogP contribution in [0.25, 0.3) is 0 Å². The van der Waals surface area contributed by atoms with E-state index in [0.717, 1.165) is 18.2 Å². The topological polar surface area (TPSA) is 32.3 Å². The van der Waals surface area contributed by atoms with E-state index in [2.05, 4.69) is 21.2 Å². The van der Waals surface area contributed by atoms with E-state index in [0.29, 0.717) is 10.2 Å². The summed E-state index contributed by atoms with van der Waals surface area (Å²) in [6.07, 6.45) is -4.66. The summed E-state index contributed by atoms with van der Waals surface area (Å²) in [4.78, 5) is 13.6. The number of rotatable bonds is 3. The van der Waals surface area contributed by atoms with E-state index in [4.69, 9.17) is 0 Å². The zero-order valence-electron chi connectivity index (χ0n) is 12.7. The van der Waals surface area contributed by atoms with E-state index in [1.54, 1.807) is 14.1 Å². The molecule has 128 valence electrons. The molecule has 0 saturated heterocycles. The standard InChI is InChI=1S/C16H13BrF4N2O/c1-23(2)10-4-6-14(12(8-10)16(19,20)21)22-15(24)11-5-3-9(17)7-13(11)18/h3-8H,1-2H3,(H,22,24). The number of hydrogen-bond donors (Lipinski definition) is 1. The predicted octanol–water partition coefficient (Wildman–Crippen LogP) is 4.93. The van der Waals surface area contributed by atoms with Crippen LogP contribution in [0.5, 0.6) is 0 Å². The van der Waals surface area contributed by atoms with Crippen LogP contribution >= 0.6 is 15.9 Å². The first-order valence-electron chi connectivity index (χ1n) is 6.74. The highest BCUT2D eigenvalue weighted by molar-refractivity contribution is 9.10. The predicted molar refractivity (Wildman–Crippen MR) is 87.8 cm³/mol. The number of nitrogens with one attached hydrogen (secondary N) is 1. The van der Waals surface area contributed by atoms with E-state index in [1.807, 2.05) is 0 Å². The zero-order valence-corrected chi connectivity index (χ0v) is 14.3. The molecule has 0 aliphatic heterocycles. The number of anilines is 2. The minimum absolute atomic E-state index is 0.329. The Balaban J connectivity index is 2.40. The second kappa shape index (κ2) is 6.80. The molecule has 1 N–H and O–H groups in total. The molecule has 24 heavy (non-hydrogen) atoms. The SMILES string of the molecule is CN(C)c1ccc(NC(=O)c2ccc(Br)cc2F)c(C(F)(F)F)c1. The Hall–Kier alpha value is -2.09. The Kier molecular flexibility index (Phi) is 5.17. The maximum atomic E-state index is 13.8. The van der Waals surface area contributed by atoms with Crippen molar-refractivity contribution in [3.8, 4) is 0 Å². The van der Waals surface area contributed by atoms with Gasteiger partial charge in [0.15, 0.2) is 0 Å². The molecule has 0 atom stereocenters. The van der Waals surface area contributed by atoms with Gasteiger partial charge in [-0.3, -0.25) is 4.79 Å². The molecule has 0 heterocycles. The number of hydrogen-bond acceptors (Lipinski definition) is 2. The number of halogens is 5. The minimum atomic E-state index is -4.66. The highest BCUT2D eigenvalue weighted by Gasteiger charge is 2.34. The van der Waals surface area contributed by atoms with Gasteiger partial charge in [-0.2, -0.15) is 13.2 Å². The van der Waals surface area contributed by atoms with Crippen molar-refractivity contribution in [3.63, 3.8) is 0 Å². The van der Waals surface area contributed by atoms with Gasteiger partial charge in [-0.05, 0) is 36.4 Å². The lowest BCUT2D eigenvalue weighted by atomic mass is 10.1. The Labute approximate surface area is 144 Å². The van der Waals surface area contributed by atoms with E-state index in [9.17, 15) is 22.4 Å². The first-order chi connectivity index (χ1) is 11.1. The highest BCUT2D eigenvalue weighted by atomic mass is 79.9. The van der Waals surface area contributed by atoms with Crippen LogP contribution in [0.4, 0.5) is 28.9 Å². The van der Waals surface area contributed by atoms with Gasteiger partial charge >= 0.3 is 6.18 Å². The Morgan fingerprint density at radius 1 is 1.12 bits per heavy atom. The maximum absolute atomic E-state index is 13.8. The van der Waals surface area contributed by atoms with Gasteiger partial charge in [0.25, 0.3) is 5.91 Å². The first-order valence-corrected chi connectivity index (χ1v) is 7.54. The molecule has 1 amide bonds. The zero-order chi connectivity index (χ0) is 18.1. The molecule has 2 aromatic rings. The molecule has 0 saturated carbocycles. The number of carbonyl (C=O) groups is 1. The molecule has 2 aromatic carbocycles. The highest BCUT2D eigenvalue weighted by Crippen LogP contribution is 2.37. The third kappa shape index (κ3) is 4.05. The first kappa shape index (κ1) is 18.3. The lowest BCUT2D eigenvalue weighted by Gasteiger charge is -2.18. The van der Waals surface area contributed by atoms with Crippen LogP contribution in [-0.2, 0) is 6.18 Å². The molecule has 0 radical (unpaired) electrons. The van der Waals surface area contributed by atoms with Crippen molar-refractivity contribution < 1.29 is 22.4 Å². The summed E-state index contributed by atoms with van der Waals surface area (Å²) in [7, 11) is 3.20. The van der Waals surface area contributed by atoms with Crippen molar-refractivity contribution in [3.05, 3.63) is 57.8 Å². The van der Waals surface area contributed by atoms with Crippen molar-refractivity contribution in [2.24, 2.45) is 0 Å². The van der Waals surface area contributed by atoms with Gasteiger partial charge in [0, 0.05) is 24.3 Å². The summed E-state index contributed by atoms with van der Waals surface area (Å²) >= 11 is 3.05. The van der Waals surface area contributed by atoms with Gasteiger partial charge in [-0.25, -0.2) is 4.39 Å². The lowest BCUT2D eigenvalue weighted by Crippen LogP contribution is -2.19. The van der Waals surface area contributed by atoms with Crippen molar-refractivity contribution in [1.29, 1.82) is 0 Å². The smallest absolute Gasteiger partial charge is 0.378 e. The van der Waals surface area contributed by atoms with Crippen molar-refractivity contribution in [2.75, 3.05) is 24.3 Å². The lowest BCUT2D eigenvalue weighted by molar-refractivity contribution is -0.136. The summed E-state index contributed by atoms with van der Waals surface area (Å²) < 4.78 is 53.9. The molecule has 0 bridgehead atoms. The van der Waals surface area contributed by atoms with Crippen LogP contribution < -0.4 is 10.2 Å². The molecule has 0 aliphatic carbocycles. The molecule has 0 aromatic heterocycles. The molecular weight excluding hydrogens is 392 g/mol. The van der Waals surface area contributed by atoms with Gasteiger partial charge in [-0.15, -0.1) is 0 Å². The van der Waals surface area contributed by atoms with Gasteiger partial charge in [0.2, 0.25) is 0 Å². The van der Waals surface area contributed by atoms with Crippen molar-refractivity contribution in [2.45, 2.75) is 6.18 Å². The van der Waals surface area contributed by atoms with Crippen LogP contribution in [0, 0.1) is 5.82 Å². The fourth-order valence-corrected chi connectivity index (χ4v) is 2.35. The quantitative estimate of drug-likeness (QED) is 0.735. The largest absolute Gasteiger partial charge is 0.418 e. The number of alkyl halides is 3. The van der Waals surface area contributed by atoms with Crippen LogP contribution in [0.2, 0.25) is 0 Å². The average Bonchev–Trinajstić information content (AvgIpc) is 2.45. The molecule has 0 spiro atoms. The minimum Gasteiger partial charge on any atom is -0.378 e. The number of nitrogens with zero attached hydrogens (tertiary/aromatic N) is 1. The number of carbonyl (C=O) groups excluding carboxylic acids is 1. The second-order valence-electron chi connectivity index (χ2n) is 5.20. The van der Waals surface area contributed by atoms with E-state index >= 15 is 0 Å². The van der Waals surface area contributed by atoms with Gasteiger partial charge in [0.05, 0.1) is 16.8 Å². The summed E-state index contributed by atoms with van der Waals surface area (Å²) in [5.41, 5.74) is -1.45. The third-order valence-electron chi connectivity index (χ3n) is 3.25. The Morgan fingerprint density at radius 3 is 2.33 bits per heavy atom. The molecule has 0 aliphatic rings. The van der Waals surface area contributed by atoms with Gasteiger partial charge < -0.3 is 10.2 Å². The second-order valence-corrected chi connectivity index (χ2v) is 6.12. The van der Waals surface area contributed by atoms with E-state index in [-0.39, 0.29) is 5.56 Å². The summed E-state index contributed by atoms with van der Waals surface area (Å²) in [5, 5.41) is 2.13. The number of amides is 1. The van der Waals surface area contributed by atoms with E-state index in [1.165, 1.54) is 23.1 Å². The summed E-state index contributed by atoms with van der Waals surface area (Å²) in [5.74, 6) is -1.79. The van der Waals surface area contributed by atoms with Gasteiger partial charge in [-0.1, -0.05) is 15.9 Å². The van der Waals surface area contributed by atoms with Crippen molar-refractivity contribution in [1.82, 2.24) is 0 Å². The molecular formula is C16H13BrF4N2O. The Bertz CT molecular complexity index is 775. The monoisotopic (exact) mass is 404 g/mol. The molecule has 3 nitrogen and oxygen atoms in total. The molecule has 0 fully saturated rings. The average molecular weight is 405 g/mol. The fraction of sp³-hybridized carbons (Fsp3) is 0.188. The van der Waals surface area contributed by atoms with Crippen LogP contribution in [0.15, 0.2) is 40.9 Å². The number of benzene rings is 2. The molecule has 0 unspecified atom stereocenters. The van der Waals surface area contributed by atoms with Crippen molar-refractivity contribution >= 4 is 33.2 Å². The fourth-order valence-electron chi connectivity index (χ4n) is 2.02. The normalized spacial score (nSPS) is 11.3. The van der Waals surface area contributed by atoms with E-state index < -0.39 is 29.2 Å². The van der Waals surface area contributed by atoms with Crippen LogP contribution in [0.1, 0.15) is 15.9 Å². The van der Waals surface area contributed by atoms with Crippen LogP contribution in [0.3, 0.4) is 0 Å². The van der Waals surface area contributed by atoms with Gasteiger partial charge in [0.1, 0.15) is 5.82 Å². The third-order valence-corrected chi connectivity index (χ3v) is 3.74. The maximum Gasteiger partial charge on any atom is 0.418 e. The summed E-state index contributed by atoms with van der Waals surface area (Å²) in [6.45, 7) is 0. The summed E-state index contributed by atoms with van der Waals surface area (Å²) in [6, 6.07) is 7.19. The van der Waals surface area contributed by atoms with Crippen LogP contribution in [-0.4, -0.2) is 20.0 Å².